The van der Waals surface area contributed by atoms with Gasteiger partial charge in [-0.2, -0.15) is 0 Å². The zero-order valence-electron chi connectivity index (χ0n) is 16.6. The highest BCUT2D eigenvalue weighted by atomic mass is 35.5. The molecule has 5 heteroatoms. The lowest BCUT2D eigenvalue weighted by Crippen LogP contribution is -2.39. The maximum absolute atomic E-state index is 12.8. The molecule has 0 bridgehead atoms. The first-order chi connectivity index (χ1) is 13.3. The van der Waals surface area contributed by atoms with E-state index in [2.05, 4.69) is 0 Å². The van der Waals surface area contributed by atoms with Gasteiger partial charge in [0.15, 0.2) is 6.04 Å². The highest BCUT2D eigenvalue weighted by Crippen LogP contribution is 2.18. The Morgan fingerprint density at radius 1 is 1.04 bits per heavy atom. The number of hydrogen-bond acceptors (Lipinski definition) is 4. The Labute approximate surface area is 172 Å². The van der Waals surface area contributed by atoms with Gasteiger partial charge in [0.1, 0.15) is 5.60 Å². The first-order valence-electron chi connectivity index (χ1n) is 9.47. The maximum Gasteiger partial charge on any atom is 0.334 e. The quantitative estimate of drug-likeness (QED) is 0.399. The second-order valence-electron chi connectivity index (χ2n) is 7.59. The molecule has 2 aromatic carbocycles. The summed E-state index contributed by atoms with van der Waals surface area (Å²) in [5.74, 6) is -0.134. The van der Waals surface area contributed by atoms with E-state index in [0.717, 1.165) is 11.1 Å². The smallest absolute Gasteiger partial charge is 0.334 e. The average Bonchev–Trinajstić information content (AvgIpc) is 2.67. The molecule has 2 aromatic rings. The summed E-state index contributed by atoms with van der Waals surface area (Å²) in [5.41, 5.74) is 1.71. The summed E-state index contributed by atoms with van der Waals surface area (Å²) in [6.07, 6.45) is -0.0202. The van der Waals surface area contributed by atoms with Gasteiger partial charge in [0.05, 0.1) is 11.8 Å². The van der Waals surface area contributed by atoms with Gasteiger partial charge < -0.3 is 9.84 Å². The van der Waals surface area contributed by atoms with Crippen LogP contribution in [-0.4, -0.2) is 40.4 Å². The third-order valence-electron chi connectivity index (χ3n) is 4.01. The van der Waals surface area contributed by atoms with Crippen LogP contribution in [0.2, 0.25) is 0 Å². The van der Waals surface area contributed by atoms with Crippen LogP contribution in [0, 0.1) is 0 Å². The van der Waals surface area contributed by atoms with Crippen LogP contribution in [0.4, 0.5) is 0 Å². The highest BCUT2D eigenvalue weighted by Gasteiger charge is 2.31. The van der Waals surface area contributed by atoms with Crippen molar-refractivity contribution in [1.82, 2.24) is 0 Å². The van der Waals surface area contributed by atoms with Gasteiger partial charge in [-0.05, 0) is 33.6 Å². The van der Waals surface area contributed by atoms with Crippen LogP contribution < -0.4 is 0 Å². The zero-order chi connectivity index (χ0) is 20.6. The number of carbonyl (C=O) groups is 1. The lowest BCUT2D eigenvalue weighted by atomic mass is 10.0. The second kappa shape index (κ2) is 10.4. The van der Waals surface area contributed by atoms with Crippen molar-refractivity contribution in [2.75, 3.05) is 5.88 Å². The van der Waals surface area contributed by atoms with Crippen molar-refractivity contribution in [1.29, 1.82) is 0 Å². The number of rotatable bonds is 8. The third kappa shape index (κ3) is 6.77. The Morgan fingerprint density at radius 2 is 1.54 bits per heavy atom. The SMILES string of the molecule is CC(C)(C)OC(=O)[C@@H](N=C(c1ccccc1)c1ccccc1)C(O)CCCCl. The Morgan fingerprint density at radius 3 is 1.96 bits per heavy atom. The molecule has 4 nitrogen and oxygen atoms in total. The molecule has 2 rings (SSSR count). The van der Waals surface area contributed by atoms with Gasteiger partial charge in [0, 0.05) is 17.0 Å². The molecule has 0 aliphatic carbocycles. The van der Waals surface area contributed by atoms with Crippen molar-refractivity contribution in [3.63, 3.8) is 0 Å². The fourth-order valence-electron chi connectivity index (χ4n) is 2.75. The Balaban J connectivity index is 2.49. The molecule has 0 radical (unpaired) electrons. The Kier molecular flexibility index (Phi) is 8.21. The molecule has 0 spiro atoms. The first kappa shape index (κ1) is 22.1. The summed E-state index contributed by atoms with van der Waals surface area (Å²) in [4.78, 5) is 17.5. The van der Waals surface area contributed by atoms with Crippen LogP contribution in [0.3, 0.4) is 0 Å². The molecular formula is C23H28ClNO3. The number of halogens is 1. The van der Waals surface area contributed by atoms with Gasteiger partial charge in [-0.1, -0.05) is 60.7 Å². The molecule has 0 amide bonds. The normalized spacial score (nSPS) is 13.5. The van der Waals surface area contributed by atoms with Gasteiger partial charge >= 0.3 is 5.97 Å². The molecule has 150 valence electrons. The predicted molar refractivity (Wildman–Crippen MR) is 114 cm³/mol. The summed E-state index contributed by atoms with van der Waals surface area (Å²) in [5, 5.41) is 10.7. The number of aliphatic hydroxyl groups is 1. The zero-order valence-corrected chi connectivity index (χ0v) is 17.4. The minimum Gasteiger partial charge on any atom is -0.458 e. The number of hydrogen-bond donors (Lipinski definition) is 1. The van der Waals surface area contributed by atoms with Crippen molar-refractivity contribution in [3.05, 3.63) is 71.8 Å². The molecule has 28 heavy (non-hydrogen) atoms. The lowest BCUT2D eigenvalue weighted by Gasteiger charge is -2.25. The predicted octanol–water partition coefficient (Wildman–Crippen LogP) is 4.61. The standard InChI is InChI=1S/C23H28ClNO3/c1-23(2,3)28-22(27)21(19(26)15-10-16-24)25-20(17-11-6-4-7-12-17)18-13-8-5-9-14-18/h4-9,11-14,19,21,26H,10,15-16H2,1-3H3/t19?,21-/m0/s1. The van der Waals surface area contributed by atoms with Crippen LogP contribution >= 0.6 is 11.6 Å². The summed E-state index contributed by atoms with van der Waals surface area (Å²) >= 11 is 5.77. The van der Waals surface area contributed by atoms with Crippen molar-refractivity contribution in [2.24, 2.45) is 4.99 Å². The van der Waals surface area contributed by atoms with Crippen molar-refractivity contribution in [2.45, 2.75) is 51.4 Å². The van der Waals surface area contributed by atoms with E-state index in [9.17, 15) is 9.90 Å². The molecule has 2 atom stereocenters. The van der Waals surface area contributed by atoms with Crippen LogP contribution in [0.15, 0.2) is 65.7 Å². The number of benzene rings is 2. The summed E-state index contributed by atoms with van der Waals surface area (Å²) in [6.45, 7) is 5.39. The molecule has 0 saturated heterocycles. The van der Waals surface area contributed by atoms with Crippen LogP contribution in [0.25, 0.3) is 0 Å². The average molecular weight is 402 g/mol. The van der Waals surface area contributed by atoms with Crippen molar-refractivity contribution < 1.29 is 14.6 Å². The number of aliphatic hydroxyl groups excluding tert-OH is 1. The Hall–Kier alpha value is -2.17. The fourth-order valence-corrected chi connectivity index (χ4v) is 2.90. The fraction of sp³-hybridized carbons (Fsp3) is 0.391. The minimum absolute atomic E-state index is 0.369. The highest BCUT2D eigenvalue weighted by molar-refractivity contribution is 6.17. The van der Waals surface area contributed by atoms with Crippen LogP contribution in [0.1, 0.15) is 44.7 Å². The molecule has 0 saturated carbocycles. The van der Waals surface area contributed by atoms with E-state index in [0.29, 0.717) is 24.4 Å². The van der Waals surface area contributed by atoms with E-state index in [1.165, 1.54) is 0 Å². The number of nitrogens with zero attached hydrogens (tertiary/aromatic N) is 1. The molecule has 0 fully saturated rings. The Bertz CT molecular complexity index is 728. The molecule has 0 heterocycles. The summed E-state index contributed by atoms with van der Waals surface area (Å²) < 4.78 is 5.53. The number of ether oxygens (including phenoxy) is 1. The maximum atomic E-state index is 12.8. The van der Waals surface area contributed by atoms with E-state index in [-0.39, 0.29) is 0 Å². The largest absolute Gasteiger partial charge is 0.458 e. The van der Waals surface area contributed by atoms with Gasteiger partial charge in [0.25, 0.3) is 0 Å². The minimum atomic E-state index is -1.03. The molecule has 1 N–H and O–H groups in total. The number of carbonyl (C=O) groups excluding carboxylic acids is 1. The summed E-state index contributed by atoms with van der Waals surface area (Å²) in [6, 6.07) is 18.2. The molecule has 1 unspecified atom stereocenters. The van der Waals surface area contributed by atoms with Gasteiger partial charge in [-0.25, -0.2) is 4.79 Å². The first-order valence-corrected chi connectivity index (χ1v) is 10.0. The monoisotopic (exact) mass is 401 g/mol. The van der Waals surface area contributed by atoms with Gasteiger partial charge in [-0.3, -0.25) is 4.99 Å². The molecule has 0 aromatic heterocycles. The van der Waals surface area contributed by atoms with Gasteiger partial charge in [0.2, 0.25) is 0 Å². The van der Waals surface area contributed by atoms with Crippen molar-refractivity contribution in [3.8, 4) is 0 Å². The van der Waals surface area contributed by atoms with Crippen LogP contribution in [0.5, 0.6) is 0 Å². The van der Waals surface area contributed by atoms with E-state index < -0.39 is 23.7 Å². The number of esters is 1. The molecule has 0 aliphatic rings. The topological polar surface area (TPSA) is 58.9 Å². The van der Waals surface area contributed by atoms with E-state index in [4.69, 9.17) is 21.3 Å². The van der Waals surface area contributed by atoms with E-state index in [1.807, 2.05) is 60.7 Å². The van der Waals surface area contributed by atoms with Crippen LogP contribution in [-0.2, 0) is 9.53 Å². The number of aliphatic imine (C=N–C) groups is 1. The lowest BCUT2D eigenvalue weighted by molar-refractivity contribution is -0.159. The van der Waals surface area contributed by atoms with E-state index >= 15 is 0 Å². The molecular weight excluding hydrogens is 374 g/mol. The van der Waals surface area contributed by atoms with E-state index in [1.54, 1.807) is 20.8 Å². The molecule has 0 aliphatic heterocycles. The number of alkyl halides is 1. The third-order valence-corrected chi connectivity index (χ3v) is 4.28. The van der Waals surface area contributed by atoms with Gasteiger partial charge in [-0.15, -0.1) is 11.6 Å². The second-order valence-corrected chi connectivity index (χ2v) is 7.96. The van der Waals surface area contributed by atoms with Crippen molar-refractivity contribution >= 4 is 23.3 Å². The summed E-state index contributed by atoms with van der Waals surface area (Å²) in [7, 11) is 0.